The molecule has 234 valence electrons. The highest BCUT2D eigenvalue weighted by atomic mass is 19.4. The van der Waals surface area contributed by atoms with Gasteiger partial charge in [-0.05, 0) is 30.2 Å². The molecule has 2 amide bonds. The van der Waals surface area contributed by atoms with Gasteiger partial charge in [-0.25, -0.2) is 0 Å². The highest BCUT2D eigenvalue weighted by Crippen LogP contribution is 2.38. The minimum absolute atomic E-state index is 0.00999. The average molecular weight is 613 g/mol. The highest BCUT2D eigenvalue weighted by Gasteiger charge is 2.40. The van der Waals surface area contributed by atoms with Crippen LogP contribution < -0.4 is 0 Å². The van der Waals surface area contributed by atoms with Gasteiger partial charge in [0.2, 0.25) is 5.91 Å². The number of hydrogen-bond donors (Lipinski definition) is 0. The van der Waals surface area contributed by atoms with Crippen LogP contribution in [0.4, 0.5) is 26.3 Å². The van der Waals surface area contributed by atoms with Crippen molar-refractivity contribution in [3.63, 3.8) is 0 Å². The summed E-state index contributed by atoms with van der Waals surface area (Å²) in [7, 11) is 0. The predicted octanol–water partition coefficient (Wildman–Crippen LogP) is 4.20. The number of carbonyl (C=O) groups is 2. The highest BCUT2D eigenvalue weighted by molar-refractivity contribution is 5.95. The number of alkyl halides is 6. The molecule has 7 nitrogen and oxygen atoms in total. The summed E-state index contributed by atoms with van der Waals surface area (Å²) < 4.78 is 86.0. The van der Waals surface area contributed by atoms with Crippen LogP contribution in [-0.2, 0) is 21.9 Å². The smallest absolute Gasteiger partial charge is 0.378 e. The zero-order valence-corrected chi connectivity index (χ0v) is 23.5. The standard InChI is InChI=1S/C30H34F6N4O3/c31-29(32,33)23-16-22(17-24(18-23)30(34,35)36)28(42)40-7-6-26(25(19-40)21-4-2-1-3-5-21)38-10-8-37(9-11-38)20-27(41)39-12-14-43-15-13-39/h1-5,16-18,25-26H,6-15,19-20H2. The van der Waals surface area contributed by atoms with Gasteiger partial charge >= 0.3 is 12.4 Å². The van der Waals surface area contributed by atoms with E-state index in [0.29, 0.717) is 77.6 Å². The van der Waals surface area contributed by atoms with Crippen LogP contribution in [0.5, 0.6) is 0 Å². The number of nitrogens with zero attached hydrogens (tertiary/aromatic N) is 4. The number of ether oxygens (including phenoxy) is 1. The van der Waals surface area contributed by atoms with Gasteiger partial charge in [-0.1, -0.05) is 30.3 Å². The molecule has 3 fully saturated rings. The summed E-state index contributed by atoms with van der Waals surface area (Å²) in [5.41, 5.74) is -2.71. The van der Waals surface area contributed by atoms with E-state index in [4.69, 9.17) is 4.74 Å². The van der Waals surface area contributed by atoms with Crippen LogP contribution >= 0.6 is 0 Å². The number of amides is 2. The molecular formula is C30H34F6N4O3. The minimum atomic E-state index is -5.04. The van der Waals surface area contributed by atoms with Crippen LogP contribution in [0.2, 0.25) is 0 Å². The molecule has 0 aliphatic carbocycles. The number of piperazine rings is 1. The van der Waals surface area contributed by atoms with Crippen LogP contribution in [0.15, 0.2) is 48.5 Å². The van der Waals surface area contributed by atoms with Gasteiger partial charge in [-0.2, -0.15) is 26.3 Å². The molecule has 2 aromatic rings. The fourth-order valence-electron chi connectivity index (χ4n) is 6.21. The van der Waals surface area contributed by atoms with Crippen molar-refractivity contribution in [2.75, 3.05) is 72.1 Å². The van der Waals surface area contributed by atoms with Gasteiger partial charge in [0.25, 0.3) is 5.91 Å². The van der Waals surface area contributed by atoms with E-state index in [2.05, 4.69) is 9.80 Å². The van der Waals surface area contributed by atoms with Crippen molar-refractivity contribution in [3.05, 3.63) is 70.8 Å². The molecule has 0 saturated carbocycles. The largest absolute Gasteiger partial charge is 0.416 e. The molecule has 43 heavy (non-hydrogen) atoms. The van der Waals surface area contributed by atoms with Crippen LogP contribution in [0.25, 0.3) is 0 Å². The summed E-state index contributed by atoms with van der Waals surface area (Å²) in [6, 6.07) is 10.5. The van der Waals surface area contributed by atoms with Crippen LogP contribution in [-0.4, -0.2) is 110 Å². The van der Waals surface area contributed by atoms with Crippen LogP contribution in [0.1, 0.15) is 39.4 Å². The van der Waals surface area contributed by atoms with Crippen molar-refractivity contribution in [3.8, 4) is 0 Å². The van der Waals surface area contributed by atoms with E-state index in [-0.39, 0.29) is 37.0 Å². The molecule has 13 heteroatoms. The maximum atomic E-state index is 13.4. The second-order valence-corrected chi connectivity index (χ2v) is 11.2. The van der Waals surface area contributed by atoms with Gasteiger partial charge in [-0.3, -0.25) is 19.4 Å². The Morgan fingerprint density at radius 1 is 0.767 bits per heavy atom. The lowest BCUT2D eigenvalue weighted by atomic mass is 9.84. The Hall–Kier alpha value is -3.16. The Kier molecular flexibility index (Phi) is 9.33. The van der Waals surface area contributed by atoms with Crippen molar-refractivity contribution in [2.24, 2.45) is 0 Å². The molecule has 3 saturated heterocycles. The number of carbonyl (C=O) groups excluding carboxylic acids is 2. The summed E-state index contributed by atoms with van der Waals surface area (Å²) in [5.74, 6) is -0.982. The second-order valence-electron chi connectivity index (χ2n) is 11.2. The van der Waals surface area contributed by atoms with Gasteiger partial charge in [0.1, 0.15) is 0 Å². The normalized spacial score (nSPS) is 22.9. The number of halogens is 6. The summed E-state index contributed by atoms with van der Waals surface area (Å²) >= 11 is 0. The third-order valence-electron chi connectivity index (χ3n) is 8.52. The Morgan fingerprint density at radius 2 is 1.37 bits per heavy atom. The molecule has 2 atom stereocenters. The fourth-order valence-corrected chi connectivity index (χ4v) is 6.21. The van der Waals surface area contributed by atoms with Crippen molar-refractivity contribution < 1.29 is 40.7 Å². The topological polar surface area (TPSA) is 56.3 Å². The molecule has 2 unspecified atom stereocenters. The van der Waals surface area contributed by atoms with Crippen molar-refractivity contribution >= 4 is 11.8 Å². The molecule has 5 rings (SSSR count). The molecule has 0 N–H and O–H groups in total. The van der Waals surface area contributed by atoms with E-state index in [1.807, 2.05) is 35.2 Å². The molecule has 3 aliphatic heterocycles. The van der Waals surface area contributed by atoms with Crippen LogP contribution in [0.3, 0.4) is 0 Å². The fraction of sp³-hybridized carbons (Fsp3) is 0.533. The Balaban J connectivity index is 1.30. The lowest BCUT2D eigenvalue weighted by Crippen LogP contribution is -2.57. The first kappa shape index (κ1) is 31.3. The molecule has 0 radical (unpaired) electrons. The summed E-state index contributed by atoms with van der Waals surface area (Å²) in [6.07, 6.45) is -9.57. The zero-order valence-electron chi connectivity index (χ0n) is 23.5. The molecule has 3 aliphatic rings. The Bertz CT molecular complexity index is 1240. The van der Waals surface area contributed by atoms with Crippen molar-refractivity contribution in [1.29, 1.82) is 0 Å². The van der Waals surface area contributed by atoms with E-state index in [9.17, 15) is 35.9 Å². The van der Waals surface area contributed by atoms with Crippen LogP contribution in [0, 0.1) is 0 Å². The number of piperidine rings is 1. The third kappa shape index (κ3) is 7.50. The van der Waals surface area contributed by atoms with E-state index in [0.717, 1.165) is 5.56 Å². The van der Waals surface area contributed by atoms with Gasteiger partial charge in [0.05, 0.1) is 30.9 Å². The predicted molar refractivity (Wildman–Crippen MR) is 145 cm³/mol. The molecule has 2 aromatic carbocycles. The van der Waals surface area contributed by atoms with Crippen molar-refractivity contribution in [1.82, 2.24) is 19.6 Å². The van der Waals surface area contributed by atoms with Crippen molar-refractivity contribution in [2.45, 2.75) is 30.7 Å². The minimum Gasteiger partial charge on any atom is -0.378 e. The lowest BCUT2D eigenvalue weighted by molar-refractivity contribution is -0.143. The maximum Gasteiger partial charge on any atom is 0.416 e. The first-order chi connectivity index (χ1) is 20.4. The molecule has 0 bridgehead atoms. The molecule has 0 spiro atoms. The Morgan fingerprint density at radius 3 is 1.95 bits per heavy atom. The first-order valence-electron chi connectivity index (χ1n) is 14.4. The third-order valence-corrected chi connectivity index (χ3v) is 8.52. The maximum absolute atomic E-state index is 13.4. The number of morpholine rings is 1. The van der Waals surface area contributed by atoms with Gasteiger partial charge in [0, 0.05) is 69.9 Å². The van der Waals surface area contributed by atoms with Gasteiger partial charge in [0.15, 0.2) is 0 Å². The number of hydrogen-bond acceptors (Lipinski definition) is 5. The summed E-state index contributed by atoms with van der Waals surface area (Å²) in [5, 5.41) is 0. The number of likely N-dealkylation sites (tertiary alicyclic amines) is 1. The van der Waals surface area contributed by atoms with Gasteiger partial charge in [-0.15, -0.1) is 0 Å². The molecule has 3 heterocycles. The quantitative estimate of drug-likeness (QED) is 0.474. The van der Waals surface area contributed by atoms with E-state index < -0.39 is 35.0 Å². The number of rotatable bonds is 5. The van der Waals surface area contributed by atoms with E-state index >= 15 is 0 Å². The molecular weight excluding hydrogens is 578 g/mol. The summed E-state index contributed by atoms with van der Waals surface area (Å²) in [6.45, 7) is 5.70. The number of benzene rings is 2. The zero-order chi connectivity index (χ0) is 30.8. The first-order valence-corrected chi connectivity index (χ1v) is 14.4. The Labute approximate surface area is 246 Å². The summed E-state index contributed by atoms with van der Waals surface area (Å²) in [4.78, 5) is 33.7. The van der Waals surface area contributed by atoms with Gasteiger partial charge < -0.3 is 14.5 Å². The van der Waals surface area contributed by atoms with E-state index in [1.54, 1.807) is 0 Å². The lowest BCUT2D eigenvalue weighted by Gasteiger charge is -2.47. The van der Waals surface area contributed by atoms with E-state index in [1.165, 1.54) is 4.90 Å². The average Bonchev–Trinajstić information content (AvgIpc) is 3.00. The SMILES string of the molecule is O=C(CN1CCN(C2CCN(C(=O)c3cc(C(F)(F)F)cc(C(F)(F)F)c3)CC2c2ccccc2)CC1)N1CCOCC1. The monoisotopic (exact) mass is 612 g/mol. The second kappa shape index (κ2) is 12.8. The molecule has 0 aromatic heterocycles.